The average molecular weight is 339 g/mol. The molecule has 4 nitrogen and oxygen atoms in total. The van der Waals surface area contributed by atoms with Crippen LogP contribution in [0.3, 0.4) is 0 Å². The van der Waals surface area contributed by atoms with Crippen molar-refractivity contribution in [3.63, 3.8) is 0 Å². The molecule has 1 aromatic carbocycles. The first-order valence-corrected chi connectivity index (χ1v) is 8.75. The minimum absolute atomic E-state index is 0.133. The summed E-state index contributed by atoms with van der Waals surface area (Å²) < 4.78 is 13.6. The number of aromatic nitrogens is 1. The van der Waals surface area contributed by atoms with E-state index in [1.807, 2.05) is 29.2 Å². The van der Waals surface area contributed by atoms with Crippen LogP contribution in [0.2, 0.25) is 0 Å². The fraction of sp³-hybridized carbons (Fsp3) is 0.400. The van der Waals surface area contributed by atoms with Crippen LogP contribution >= 0.6 is 0 Å². The lowest BCUT2D eigenvalue weighted by Gasteiger charge is -2.27. The predicted octanol–water partition coefficient (Wildman–Crippen LogP) is 2.52. The highest BCUT2D eigenvalue weighted by Crippen LogP contribution is 2.44. The van der Waals surface area contributed by atoms with Crippen LogP contribution in [0, 0.1) is 17.7 Å². The molecular formula is C20H22FN3O. The molecule has 2 fully saturated rings. The largest absolute Gasteiger partial charge is 0.342 e. The van der Waals surface area contributed by atoms with E-state index in [2.05, 4.69) is 16.9 Å². The van der Waals surface area contributed by atoms with Crippen LogP contribution in [0.5, 0.6) is 0 Å². The van der Waals surface area contributed by atoms with Gasteiger partial charge in [0.1, 0.15) is 5.82 Å². The molecule has 0 N–H and O–H groups in total. The van der Waals surface area contributed by atoms with Gasteiger partial charge in [0.2, 0.25) is 5.91 Å². The number of benzene rings is 1. The van der Waals surface area contributed by atoms with Gasteiger partial charge in [0.25, 0.3) is 0 Å². The Balaban J connectivity index is 1.48. The Morgan fingerprint density at radius 2 is 2.08 bits per heavy atom. The highest BCUT2D eigenvalue weighted by atomic mass is 19.1. The van der Waals surface area contributed by atoms with Crippen LogP contribution in [0.25, 0.3) is 0 Å². The van der Waals surface area contributed by atoms with Crippen molar-refractivity contribution < 1.29 is 9.18 Å². The summed E-state index contributed by atoms with van der Waals surface area (Å²) in [6.07, 6.45) is 2.07. The monoisotopic (exact) mass is 339 g/mol. The van der Waals surface area contributed by atoms with Crippen molar-refractivity contribution in [2.24, 2.45) is 11.8 Å². The van der Waals surface area contributed by atoms with Gasteiger partial charge >= 0.3 is 0 Å². The third kappa shape index (κ3) is 3.16. The van der Waals surface area contributed by atoms with E-state index in [1.165, 1.54) is 6.07 Å². The van der Waals surface area contributed by atoms with Gasteiger partial charge < -0.3 is 4.90 Å². The van der Waals surface area contributed by atoms with Gasteiger partial charge in [-0.1, -0.05) is 18.2 Å². The summed E-state index contributed by atoms with van der Waals surface area (Å²) in [6, 6.07) is 12.7. The zero-order valence-electron chi connectivity index (χ0n) is 14.3. The summed E-state index contributed by atoms with van der Waals surface area (Å²) in [7, 11) is 2.09. The normalized spacial score (nSPS) is 26.0. The first kappa shape index (κ1) is 16.2. The van der Waals surface area contributed by atoms with Gasteiger partial charge in [-0.25, -0.2) is 4.39 Å². The number of hydrogen-bond acceptors (Lipinski definition) is 3. The number of pyridine rings is 1. The van der Waals surface area contributed by atoms with Crippen LogP contribution in [-0.2, 0) is 11.2 Å². The van der Waals surface area contributed by atoms with Crippen molar-refractivity contribution in [2.45, 2.75) is 12.5 Å². The number of amides is 1. The lowest BCUT2D eigenvalue weighted by Crippen LogP contribution is -2.34. The van der Waals surface area contributed by atoms with E-state index in [-0.39, 0.29) is 17.8 Å². The fourth-order valence-corrected chi connectivity index (χ4v) is 4.42. The Hall–Kier alpha value is -2.27. The second-order valence-electron chi connectivity index (χ2n) is 7.16. The molecule has 0 unspecified atom stereocenters. The molecule has 3 heterocycles. The smallest absolute Gasteiger partial charge is 0.228 e. The topological polar surface area (TPSA) is 36.4 Å². The molecule has 4 rings (SSSR count). The summed E-state index contributed by atoms with van der Waals surface area (Å²) in [5, 5.41) is 0. The molecule has 2 aliphatic rings. The Bertz CT molecular complexity index is 767. The Morgan fingerprint density at radius 1 is 1.20 bits per heavy atom. The quantitative estimate of drug-likeness (QED) is 0.862. The van der Waals surface area contributed by atoms with Crippen molar-refractivity contribution in [1.29, 1.82) is 0 Å². The standard InChI is InChI=1S/C20H22FN3O/c1-23-11-15-12-24(19(25)10-17-7-2-3-8-22-17)13-18(15)20(23)14-5-4-6-16(21)9-14/h2-9,15,18,20H,10-13H2,1H3/t15-,18+,20-/m0/s1. The maximum Gasteiger partial charge on any atom is 0.228 e. The second kappa shape index (κ2) is 6.56. The number of halogens is 1. The van der Waals surface area contributed by atoms with Crippen molar-refractivity contribution in [2.75, 3.05) is 26.7 Å². The average Bonchev–Trinajstić information content (AvgIpc) is 3.12. The van der Waals surface area contributed by atoms with E-state index in [1.54, 1.807) is 18.3 Å². The van der Waals surface area contributed by atoms with E-state index in [4.69, 9.17) is 0 Å². The molecule has 0 spiro atoms. The maximum atomic E-state index is 13.6. The minimum atomic E-state index is -0.199. The zero-order chi connectivity index (χ0) is 17.4. The van der Waals surface area contributed by atoms with E-state index in [0.717, 1.165) is 30.9 Å². The fourth-order valence-electron chi connectivity index (χ4n) is 4.42. The number of rotatable bonds is 3. The van der Waals surface area contributed by atoms with Crippen molar-refractivity contribution in [3.8, 4) is 0 Å². The summed E-state index contributed by atoms with van der Waals surface area (Å²) in [6.45, 7) is 2.47. The third-order valence-corrected chi connectivity index (χ3v) is 5.50. The van der Waals surface area contributed by atoms with E-state index in [9.17, 15) is 9.18 Å². The number of nitrogens with zero attached hydrogens (tertiary/aromatic N) is 3. The molecule has 0 aliphatic carbocycles. The van der Waals surface area contributed by atoms with Crippen molar-refractivity contribution >= 4 is 5.91 Å². The van der Waals surface area contributed by atoms with E-state index >= 15 is 0 Å². The van der Waals surface area contributed by atoms with Crippen LogP contribution < -0.4 is 0 Å². The summed E-state index contributed by atoms with van der Waals surface area (Å²) in [4.78, 5) is 21.1. The molecule has 130 valence electrons. The van der Waals surface area contributed by atoms with Gasteiger partial charge in [-0.2, -0.15) is 0 Å². The Labute approximate surface area is 147 Å². The Morgan fingerprint density at radius 3 is 2.84 bits per heavy atom. The molecule has 0 saturated carbocycles. The van der Waals surface area contributed by atoms with Gasteiger partial charge in [-0.05, 0) is 42.8 Å². The predicted molar refractivity (Wildman–Crippen MR) is 93.3 cm³/mol. The number of fused-ring (bicyclic) bond motifs is 1. The Kier molecular flexibility index (Phi) is 4.25. The van der Waals surface area contributed by atoms with Gasteiger partial charge in [0.15, 0.2) is 0 Å². The maximum absolute atomic E-state index is 13.6. The van der Waals surface area contributed by atoms with Gasteiger partial charge in [-0.3, -0.25) is 14.7 Å². The van der Waals surface area contributed by atoms with Gasteiger partial charge in [0.05, 0.1) is 6.42 Å². The molecule has 1 aromatic heterocycles. The number of carbonyl (C=O) groups is 1. The number of carbonyl (C=O) groups excluding carboxylic acids is 1. The summed E-state index contributed by atoms with van der Waals surface area (Å²) in [5.74, 6) is 0.745. The molecule has 25 heavy (non-hydrogen) atoms. The minimum Gasteiger partial charge on any atom is -0.342 e. The first-order valence-electron chi connectivity index (χ1n) is 8.75. The van der Waals surface area contributed by atoms with Crippen LogP contribution in [0.15, 0.2) is 48.7 Å². The molecule has 2 aromatic rings. The van der Waals surface area contributed by atoms with Crippen LogP contribution in [-0.4, -0.2) is 47.4 Å². The lowest BCUT2D eigenvalue weighted by molar-refractivity contribution is -0.129. The lowest BCUT2D eigenvalue weighted by atomic mass is 9.89. The summed E-state index contributed by atoms with van der Waals surface area (Å²) in [5.41, 5.74) is 1.82. The molecule has 1 amide bonds. The van der Waals surface area contributed by atoms with E-state index in [0.29, 0.717) is 18.3 Å². The molecule has 2 saturated heterocycles. The summed E-state index contributed by atoms with van der Waals surface area (Å²) >= 11 is 0. The molecule has 5 heteroatoms. The second-order valence-corrected chi connectivity index (χ2v) is 7.16. The van der Waals surface area contributed by atoms with Gasteiger partial charge in [-0.15, -0.1) is 0 Å². The highest BCUT2D eigenvalue weighted by molar-refractivity contribution is 5.78. The number of likely N-dealkylation sites (tertiary alicyclic amines) is 2. The van der Waals surface area contributed by atoms with E-state index < -0.39 is 0 Å². The molecule has 3 atom stereocenters. The van der Waals surface area contributed by atoms with Crippen molar-refractivity contribution in [1.82, 2.24) is 14.8 Å². The molecule has 0 bridgehead atoms. The van der Waals surface area contributed by atoms with Crippen molar-refractivity contribution in [3.05, 3.63) is 65.7 Å². The van der Waals surface area contributed by atoms with Gasteiger partial charge in [0, 0.05) is 43.5 Å². The molecular weight excluding hydrogens is 317 g/mol. The zero-order valence-corrected chi connectivity index (χ0v) is 14.3. The number of hydrogen-bond donors (Lipinski definition) is 0. The molecule has 0 radical (unpaired) electrons. The first-order chi connectivity index (χ1) is 12.1. The third-order valence-electron chi connectivity index (χ3n) is 5.50. The van der Waals surface area contributed by atoms with Crippen LogP contribution in [0.1, 0.15) is 17.3 Å². The van der Waals surface area contributed by atoms with Crippen LogP contribution in [0.4, 0.5) is 4.39 Å². The SMILES string of the molecule is CN1C[C@H]2CN(C(=O)Cc3ccccn3)C[C@H]2[C@@H]1c1cccc(F)c1. The highest BCUT2D eigenvalue weighted by Gasteiger charge is 2.47. The molecule has 2 aliphatic heterocycles.